The summed E-state index contributed by atoms with van der Waals surface area (Å²) < 4.78 is 32.9. The van der Waals surface area contributed by atoms with E-state index in [2.05, 4.69) is 10.6 Å². The third-order valence-electron chi connectivity index (χ3n) is 5.75. The zero-order valence-corrected chi connectivity index (χ0v) is 17.0. The number of urea groups is 1. The minimum atomic E-state index is -1.66. The van der Waals surface area contributed by atoms with Crippen LogP contribution in [0.2, 0.25) is 5.02 Å². The highest BCUT2D eigenvalue weighted by molar-refractivity contribution is 6.30. The minimum Gasteiger partial charge on any atom is -0.481 e. The molecular weight excluding hydrogens is 414 g/mol. The Hall–Kier alpha value is -2.38. The van der Waals surface area contributed by atoms with E-state index in [0.717, 1.165) is 17.5 Å². The summed E-state index contributed by atoms with van der Waals surface area (Å²) in [6.45, 7) is -2.06. The topological polar surface area (TPSA) is 70.6 Å². The van der Waals surface area contributed by atoms with Gasteiger partial charge in [0.15, 0.2) is 5.60 Å². The van der Waals surface area contributed by atoms with Crippen LogP contribution in [0.3, 0.4) is 0 Å². The number of aliphatic hydroxyl groups is 1. The second-order valence-corrected chi connectivity index (χ2v) is 8.37. The SMILES string of the molecule is O=C(Nc1cccc2c1C[C@@H](O)CC2)N[C@@H]1CC(CF)(CF)Oc2cc(Cl)ccc21. The van der Waals surface area contributed by atoms with E-state index in [0.29, 0.717) is 29.1 Å². The van der Waals surface area contributed by atoms with Crippen LogP contribution in [-0.4, -0.2) is 36.2 Å². The first-order chi connectivity index (χ1) is 14.4. The largest absolute Gasteiger partial charge is 0.481 e. The van der Waals surface area contributed by atoms with Crippen molar-refractivity contribution in [3.05, 3.63) is 58.1 Å². The van der Waals surface area contributed by atoms with Crippen LogP contribution in [0, 0.1) is 0 Å². The van der Waals surface area contributed by atoms with Crippen molar-refractivity contribution in [2.75, 3.05) is 18.7 Å². The smallest absolute Gasteiger partial charge is 0.319 e. The average molecular weight is 437 g/mol. The van der Waals surface area contributed by atoms with Crippen molar-refractivity contribution in [2.24, 2.45) is 0 Å². The van der Waals surface area contributed by atoms with Gasteiger partial charge in [0, 0.05) is 29.1 Å². The van der Waals surface area contributed by atoms with Crippen molar-refractivity contribution >= 4 is 23.3 Å². The van der Waals surface area contributed by atoms with Gasteiger partial charge in [-0.25, -0.2) is 13.6 Å². The number of hydrogen-bond acceptors (Lipinski definition) is 3. The van der Waals surface area contributed by atoms with Crippen molar-refractivity contribution in [1.29, 1.82) is 0 Å². The van der Waals surface area contributed by atoms with E-state index in [1.54, 1.807) is 18.2 Å². The number of carbonyl (C=O) groups is 1. The Morgan fingerprint density at radius 1 is 1.27 bits per heavy atom. The monoisotopic (exact) mass is 436 g/mol. The van der Waals surface area contributed by atoms with Gasteiger partial charge in [0.25, 0.3) is 0 Å². The zero-order chi connectivity index (χ0) is 21.3. The van der Waals surface area contributed by atoms with Crippen LogP contribution in [0.15, 0.2) is 36.4 Å². The number of ether oxygens (including phenoxy) is 1. The average Bonchev–Trinajstić information content (AvgIpc) is 2.73. The maximum atomic E-state index is 13.7. The minimum absolute atomic E-state index is 0.0480. The quantitative estimate of drug-likeness (QED) is 0.660. The van der Waals surface area contributed by atoms with E-state index in [-0.39, 0.29) is 12.2 Å². The van der Waals surface area contributed by atoms with E-state index in [4.69, 9.17) is 16.3 Å². The van der Waals surface area contributed by atoms with Gasteiger partial charge < -0.3 is 20.5 Å². The van der Waals surface area contributed by atoms with Crippen molar-refractivity contribution in [3.8, 4) is 5.75 Å². The Morgan fingerprint density at radius 3 is 2.83 bits per heavy atom. The Bertz CT molecular complexity index is 952. The number of halogens is 3. The second-order valence-electron chi connectivity index (χ2n) is 7.93. The van der Waals surface area contributed by atoms with Gasteiger partial charge in [-0.1, -0.05) is 29.8 Å². The lowest BCUT2D eigenvalue weighted by Gasteiger charge is -2.39. The fourth-order valence-electron chi connectivity index (χ4n) is 4.17. The molecule has 8 heteroatoms. The predicted molar refractivity (Wildman–Crippen MR) is 111 cm³/mol. The number of benzene rings is 2. The fourth-order valence-corrected chi connectivity index (χ4v) is 4.34. The molecule has 4 rings (SSSR count). The summed E-state index contributed by atoms with van der Waals surface area (Å²) in [5, 5.41) is 16.0. The highest BCUT2D eigenvalue weighted by atomic mass is 35.5. The molecular formula is C22H23ClF2N2O3. The first kappa shape index (κ1) is 20.9. The first-order valence-electron chi connectivity index (χ1n) is 9.90. The number of aryl methyl sites for hydroxylation is 1. The molecule has 2 amide bonds. The molecule has 0 saturated carbocycles. The van der Waals surface area contributed by atoms with Crippen LogP contribution in [0.4, 0.5) is 19.3 Å². The molecule has 0 spiro atoms. The summed E-state index contributed by atoms with van der Waals surface area (Å²) in [5.74, 6) is 0.259. The highest BCUT2D eigenvalue weighted by Crippen LogP contribution is 2.41. The lowest BCUT2D eigenvalue weighted by atomic mass is 9.88. The zero-order valence-electron chi connectivity index (χ0n) is 16.3. The van der Waals surface area contributed by atoms with Crippen LogP contribution in [0.5, 0.6) is 5.75 Å². The molecule has 0 radical (unpaired) electrons. The first-order valence-corrected chi connectivity index (χ1v) is 10.3. The molecule has 30 heavy (non-hydrogen) atoms. The standard InChI is InChI=1S/C22H23ClF2N2O3/c23-14-5-7-16-19(10-22(11-24,12-25)30-20(16)8-14)27-21(29)26-18-3-1-2-13-4-6-15(28)9-17(13)18/h1-3,5,7-8,15,19,28H,4,6,9-12H2,(H2,26,27,29)/t15-,19+/m0/s1. The van der Waals surface area contributed by atoms with Gasteiger partial charge in [-0.05, 0) is 42.2 Å². The maximum Gasteiger partial charge on any atom is 0.319 e. The molecule has 1 heterocycles. The lowest BCUT2D eigenvalue weighted by Crippen LogP contribution is -2.49. The number of alkyl halides is 2. The van der Waals surface area contributed by atoms with Gasteiger partial charge in [0.2, 0.25) is 0 Å². The van der Waals surface area contributed by atoms with E-state index < -0.39 is 37.1 Å². The van der Waals surface area contributed by atoms with E-state index in [1.165, 1.54) is 6.07 Å². The van der Waals surface area contributed by atoms with Crippen molar-refractivity contribution < 1.29 is 23.4 Å². The van der Waals surface area contributed by atoms with E-state index in [1.807, 2.05) is 12.1 Å². The summed E-state index contributed by atoms with van der Waals surface area (Å²) in [7, 11) is 0. The molecule has 0 unspecified atom stereocenters. The molecule has 2 aliphatic rings. The predicted octanol–water partition coefficient (Wildman–Crippen LogP) is 4.51. The van der Waals surface area contributed by atoms with Crippen LogP contribution >= 0.6 is 11.6 Å². The summed E-state index contributed by atoms with van der Waals surface area (Å²) >= 11 is 6.01. The second kappa shape index (κ2) is 8.40. The summed E-state index contributed by atoms with van der Waals surface area (Å²) in [6.07, 6.45) is 1.42. The number of hydrogen-bond donors (Lipinski definition) is 3. The third kappa shape index (κ3) is 4.09. The number of anilines is 1. The van der Waals surface area contributed by atoms with Crippen LogP contribution in [-0.2, 0) is 12.8 Å². The third-order valence-corrected chi connectivity index (χ3v) is 5.99. The van der Waals surface area contributed by atoms with E-state index >= 15 is 0 Å². The molecule has 0 fully saturated rings. The number of carbonyl (C=O) groups excluding carboxylic acids is 1. The van der Waals surface area contributed by atoms with Gasteiger partial charge in [0.1, 0.15) is 19.1 Å². The number of rotatable bonds is 4. The van der Waals surface area contributed by atoms with Gasteiger partial charge in [0.05, 0.1) is 12.1 Å². The summed E-state index contributed by atoms with van der Waals surface area (Å²) in [6, 6.07) is 9.30. The van der Waals surface area contributed by atoms with Crippen LogP contribution < -0.4 is 15.4 Å². The van der Waals surface area contributed by atoms with E-state index in [9.17, 15) is 18.7 Å². The Balaban J connectivity index is 1.56. The Labute approximate surface area is 178 Å². The fraction of sp³-hybridized carbons (Fsp3) is 0.409. The molecule has 0 saturated heterocycles. The van der Waals surface area contributed by atoms with Gasteiger partial charge in [-0.2, -0.15) is 0 Å². The molecule has 3 N–H and O–H groups in total. The molecule has 1 aliphatic heterocycles. The Kier molecular flexibility index (Phi) is 5.84. The maximum absolute atomic E-state index is 13.7. The molecule has 2 aromatic rings. The number of aliphatic hydroxyl groups excluding tert-OH is 1. The Morgan fingerprint density at radius 2 is 2.07 bits per heavy atom. The van der Waals surface area contributed by atoms with Crippen molar-refractivity contribution in [3.63, 3.8) is 0 Å². The summed E-state index contributed by atoms with van der Waals surface area (Å²) in [5.41, 5.74) is 1.57. The van der Waals surface area contributed by atoms with Gasteiger partial charge >= 0.3 is 6.03 Å². The van der Waals surface area contributed by atoms with Gasteiger partial charge in [-0.3, -0.25) is 0 Å². The molecule has 160 valence electrons. The molecule has 1 aliphatic carbocycles. The van der Waals surface area contributed by atoms with Crippen LogP contribution in [0.25, 0.3) is 0 Å². The van der Waals surface area contributed by atoms with Gasteiger partial charge in [-0.15, -0.1) is 0 Å². The van der Waals surface area contributed by atoms with Crippen molar-refractivity contribution in [2.45, 2.75) is 43.4 Å². The van der Waals surface area contributed by atoms with Crippen LogP contribution in [0.1, 0.15) is 35.6 Å². The molecule has 5 nitrogen and oxygen atoms in total. The number of nitrogens with one attached hydrogen (secondary N) is 2. The molecule has 0 aromatic heterocycles. The molecule has 0 bridgehead atoms. The number of amides is 2. The molecule has 2 aromatic carbocycles. The number of fused-ring (bicyclic) bond motifs is 2. The summed E-state index contributed by atoms with van der Waals surface area (Å²) in [4.78, 5) is 12.8. The van der Waals surface area contributed by atoms with Crippen molar-refractivity contribution in [1.82, 2.24) is 5.32 Å². The normalized spacial score (nSPS) is 21.7. The molecule has 2 atom stereocenters. The highest BCUT2D eigenvalue weighted by Gasteiger charge is 2.42. The lowest BCUT2D eigenvalue weighted by molar-refractivity contribution is -0.0104.